The Morgan fingerprint density at radius 2 is 1.61 bits per heavy atom. The summed E-state index contributed by atoms with van der Waals surface area (Å²) < 4.78 is 54.5. The third-order valence-corrected chi connectivity index (χ3v) is 5.87. The van der Waals surface area contributed by atoms with Crippen molar-refractivity contribution in [3.63, 3.8) is 0 Å². The van der Waals surface area contributed by atoms with E-state index in [1.165, 1.54) is 47.4 Å². The van der Waals surface area contributed by atoms with Gasteiger partial charge in [0.1, 0.15) is 5.82 Å². The maximum Gasteiger partial charge on any atom is 0.416 e. The van der Waals surface area contributed by atoms with E-state index in [-0.39, 0.29) is 29.8 Å². The molecule has 0 spiro atoms. The van der Waals surface area contributed by atoms with E-state index in [9.17, 15) is 27.2 Å². The zero-order chi connectivity index (χ0) is 22.6. The summed E-state index contributed by atoms with van der Waals surface area (Å²) in [5.41, 5.74) is -0.312. The first-order valence-electron chi connectivity index (χ1n) is 9.99. The smallest absolute Gasteiger partial charge is 0.294 e. The molecule has 1 aliphatic carbocycles. The van der Waals surface area contributed by atoms with Crippen LogP contribution in [0, 0.1) is 11.2 Å². The fourth-order valence-corrected chi connectivity index (χ4v) is 4.63. The number of amides is 1. The summed E-state index contributed by atoms with van der Waals surface area (Å²) >= 11 is 0. The fourth-order valence-electron chi connectivity index (χ4n) is 4.63. The third kappa shape index (κ3) is 3.89. The Morgan fingerprint density at radius 3 is 2.26 bits per heavy atom. The van der Waals surface area contributed by atoms with Crippen LogP contribution in [0.4, 0.5) is 23.2 Å². The molecule has 1 unspecified atom stereocenters. The van der Waals surface area contributed by atoms with Crippen LogP contribution in [0.25, 0.3) is 0 Å². The van der Waals surface area contributed by atoms with Crippen molar-refractivity contribution in [3.05, 3.63) is 76.7 Å². The summed E-state index contributed by atoms with van der Waals surface area (Å²) in [6.45, 7) is 3.77. The fraction of sp³-hybridized carbons (Fsp3) is 0.333. The van der Waals surface area contributed by atoms with Gasteiger partial charge in [-0.05, 0) is 47.7 Å². The van der Waals surface area contributed by atoms with Gasteiger partial charge >= 0.3 is 6.18 Å². The molecule has 2 aliphatic rings. The van der Waals surface area contributed by atoms with E-state index in [0.717, 1.165) is 6.07 Å². The normalized spacial score (nSPS) is 21.4. The molecule has 3 nitrogen and oxygen atoms in total. The van der Waals surface area contributed by atoms with E-state index in [1.54, 1.807) is 0 Å². The second-order valence-electron chi connectivity index (χ2n) is 8.85. The summed E-state index contributed by atoms with van der Waals surface area (Å²) in [5.74, 6) is -2.12. The summed E-state index contributed by atoms with van der Waals surface area (Å²) in [6, 6.07) is 10.4. The van der Waals surface area contributed by atoms with Gasteiger partial charge in [0.25, 0.3) is 0 Å². The summed E-state index contributed by atoms with van der Waals surface area (Å²) in [5, 5.41) is 0. The molecule has 0 fully saturated rings. The number of anilines is 1. The molecule has 1 amide bonds. The molecule has 1 atom stereocenters. The molecule has 0 N–H and O–H groups in total. The number of carbonyl (C=O) groups excluding carboxylic acids is 2. The monoisotopic (exact) mass is 431 g/mol. The summed E-state index contributed by atoms with van der Waals surface area (Å²) in [4.78, 5) is 27.8. The molecule has 1 aliphatic heterocycles. The van der Waals surface area contributed by atoms with E-state index in [2.05, 4.69) is 0 Å². The van der Waals surface area contributed by atoms with Crippen molar-refractivity contribution >= 4 is 17.4 Å². The van der Waals surface area contributed by atoms with Crippen molar-refractivity contribution in [2.45, 2.75) is 45.2 Å². The van der Waals surface area contributed by atoms with E-state index in [0.29, 0.717) is 17.8 Å². The topological polar surface area (TPSA) is 37.4 Å². The average Bonchev–Trinajstić information content (AvgIpc) is 2.67. The predicted molar refractivity (Wildman–Crippen MR) is 108 cm³/mol. The van der Waals surface area contributed by atoms with Gasteiger partial charge in [-0.25, -0.2) is 4.39 Å². The van der Waals surface area contributed by atoms with Crippen LogP contribution in [0.5, 0.6) is 0 Å². The first kappa shape index (κ1) is 21.3. The highest BCUT2D eigenvalue weighted by atomic mass is 19.4. The average molecular weight is 431 g/mol. The SMILES string of the molecule is CC1(C)CC(=O)C2=C(C1)N(c1ccc(F)cc1)C(=O)CC2c1ccccc1C(F)(F)F. The Balaban J connectivity index is 1.93. The molecule has 0 saturated heterocycles. The first-order valence-corrected chi connectivity index (χ1v) is 9.99. The maximum atomic E-state index is 13.7. The van der Waals surface area contributed by atoms with E-state index in [4.69, 9.17) is 0 Å². The Labute approximate surface area is 177 Å². The van der Waals surface area contributed by atoms with Gasteiger partial charge in [-0.3, -0.25) is 14.5 Å². The van der Waals surface area contributed by atoms with Gasteiger partial charge in [0, 0.05) is 35.7 Å². The van der Waals surface area contributed by atoms with Crippen LogP contribution in [-0.4, -0.2) is 11.7 Å². The molecular formula is C24H21F4NO2. The van der Waals surface area contributed by atoms with Crippen LogP contribution >= 0.6 is 0 Å². The molecule has 162 valence electrons. The van der Waals surface area contributed by atoms with Crippen LogP contribution in [0.1, 0.15) is 50.2 Å². The molecule has 0 aromatic heterocycles. The van der Waals surface area contributed by atoms with Crippen LogP contribution < -0.4 is 4.90 Å². The first-order chi connectivity index (χ1) is 14.5. The van der Waals surface area contributed by atoms with Crippen LogP contribution in [0.2, 0.25) is 0 Å². The van der Waals surface area contributed by atoms with Gasteiger partial charge in [0.2, 0.25) is 5.91 Å². The highest BCUT2D eigenvalue weighted by Crippen LogP contribution is 2.49. The molecule has 4 rings (SSSR count). The van der Waals surface area contributed by atoms with E-state index in [1.807, 2.05) is 13.8 Å². The second-order valence-corrected chi connectivity index (χ2v) is 8.85. The van der Waals surface area contributed by atoms with Gasteiger partial charge in [-0.2, -0.15) is 13.2 Å². The number of hydrogen-bond donors (Lipinski definition) is 0. The van der Waals surface area contributed by atoms with Crippen LogP contribution in [0.15, 0.2) is 59.8 Å². The van der Waals surface area contributed by atoms with Crippen molar-refractivity contribution in [1.29, 1.82) is 0 Å². The minimum Gasteiger partial charge on any atom is -0.294 e. The number of carbonyl (C=O) groups is 2. The molecule has 1 heterocycles. The Morgan fingerprint density at radius 1 is 0.968 bits per heavy atom. The highest BCUT2D eigenvalue weighted by Gasteiger charge is 2.46. The van der Waals surface area contributed by atoms with E-state index >= 15 is 0 Å². The number of ketones is 1. The van der Waals surface area contributed by atoms with E-state index < -0.39 is 34.8 Å². The minimum atomic E-state index is -4.61. The van der Waals surface area contributed by atoms with Gasteiger partial charge in [-0.15, -0.1) is 0 Å². The predicted octanol–water partition coefficient (Wildman–Crippen LogP) is 6.01. The van der Waals surface area contributed by atoms with Crippen molar-refractivity contribution in [1.82, 2.24) is 0 Å². The van der Waals surface area contributed by atoms with Gasteiger partial charge in [0.05, 0.1) is 5.56 Å². The minimum absolute atomic E-state index is 0.0670. The largest absolute Gasteiger partial charge is 0.416 e. The zero-order valence-corrected chi connectivity index (χ0v) is 17.1. The standard InChI is InChI=1S/C24H21F4NO2/c1-23(2)12-19-22(20(30)13-23)17(16-5-3-4-6-18(16)24(26,27)28)11-21(31)29(19)15-9-7-14(25)8-10-15/h3-10,17H,11-13H2,1-2H3. The van der Waals surface area contributed by atoms with Crippen LogP contribution in [0.3, 0.4) is 0 Å². The lowest BCUT2D eigenvalue weighted by atomic mass is 9.68. The van der Waals surface area contributed by atoms with Gasteiger partial charge in [-0.1, -0.05) is 32.0 Å². The van der Waals surface area contributed by atoms with Gasteiger partial charge < -0.3 is 0 Å². The second kappa shape index (κ2) is 7.32. The number of Topliss-reactive ketones (excluding diaryl/α,β-unsaturated/α-hetero) is 1. The Hall–Kier alpha value is -2.96. The maximum absolute atomic E-state index is 13.7. The van der Waals surface area contributed by atoms with Gasteiger partial charge in [0.15, 0.2) is 5.78 Å². The molecule has 7 heteroatoms. The van der Waals surface area contributed by atoms with Crippen molar-refractivity contribution in [3.8, 4) is 0 Å². The highest BCUT2D eigenvalue weighted by molar-refractivity contribution is 6.07. The molecule has 2 aromatic rings. The number of hydrogen-bond acceptors (Lipinski definition) is 2. The molecule has 0 radical (unpaired) electrons. The molecule has 0 saturated carbocycles. The lowest BCUT2D eigenvalue weighted by Crippen LogP contribution is -2.44. The van der Waals surface area contributed by atoms with Crippen molar-refractivity contribution < 1.29 is 27.2 Å². The number of halogens is 4. The quantitative estimate of drug-likeness (QED) is 0.547. The molecule has 31 heavy (non-hydrogen) atoms. The van der Waals surface area contributed by atoms with Crippen molar-refractivity contribution in [2.24, 2.45) is 5.41 Å². The number of rotatable bonds is 2. The molecule has 0 bridgehead atoms. The number of nitrogens with zero attached hydrogens (tertiary/aromatic N) is 1. The molecular weight excluding hydrogens is 410 g/mol. The summed E-state index contributed by atoms with van der Waals surface area (Å²) in [6.07, 6.45) is -4.34. The number of benzene rings is 2. The zero-order valence-electron chi connectivity index (χ0n) is 17.1. The number of alkyl halides is 3. The van der Waals surface area contributed by atoms with Crippen LogP contribution in [-0.2, 0) is 15.8 Å². The Bertz CT molecular complexity index is 1080. The lowest BCUT2D eigenvalue weighted by Gasteiger charge is -2.43. The Kier molecular flexibility index (Phi) is 5.03. The lowest BCUT2D eigenvalue weighted by molar-refractivity contribution is -0.138. The third-order valence-electron chi connectivity index (χ3n) is 5.87. The van der Waals surface area contributed by atoms with Crippen molar-refractivity contribution in [2.75, 3.05) is 4.90 Å². The molecule has 2 aromatic carbocycles. The number of allylic oxidation sites excluding steroid dienone is 2. The summed E-state index contributed by atoms with van der Waals surface area (Å²) in [7, 11) is 0.